The van der Waals surface area contributed by atoms with Gasteiger partial charge in [0, 0.05) is 11.8 Å². The molecule has 136 valence electrons. The van der Waals surface area contributed by atoms with Crippen LogP contribution in [0.4, 0.5) is 11.8 Å². The number of fused-ring (bicyclic) bond motifs is 1. The number of rotatable bonds is 6. The first kappa shape index (κ1) is 16.8. The monoisotopic (exact) mass is 360 g/mol. The number of nitrogens with one attached hydrogen (secondary N) is 1. The van der Waals surface area contributed by atoms with Gasteiger partial charge in [0.2, 0.25) is 5.95 Å². The molecule has 2 heterocycles. The van der Waals surface area contributed by atoms with E-state index in [0.717, 1.165) is 29.3 Å². The van der Waals surface area contributed by atoms with Crippen molar-refractivity contribution in [3.63, 3.8) is 0 Å². The first-order chi connectivity index (χ1) is 13.2. The van der Waals surface area contributed by atoms with E-state index in [1.54, 1.807) is 12.3 Å². The van der Waals surface area contributed by atoms with Gasteiger partial charge in [-0.1, -0.05) is 30.3 Å². The molecule has 0 aliphatic carbocycles. The molecule has 0 atom stereocenters. The Morgan fingerprint density at radius 1 is 1.04 bits per heavy atom. The van der Waals surface area contributed by atoms with Crippen LogP contribution in [-0.2, 0) is 6.42 Å². The molecule has 27 heavy (non-hydrogen) atoms. The molecule has 0 spiro atoms. The number of anilines is 2. The van der Waals surface area contributed by atoms with Crippen LogP contribution in [0.5, 0.6) is 5.75 Å². The highest BCUT2D eigenvalue weighted by atomic mass is 16.5. The summed E-state index contributed by atoms with van der Waals surface area (Å²) in [6.45, 7) is 0.573. The van der Waals surface area contributed by atoms with Crippen LogP contribution < -0.4 is 16.2 Å². The highest BCUT2D eigenvalue weighted by Gasteiger charge is 2.13. The average molecular weight is 360 g/mol. The van der Waals surface area contributed by atoms with Gasteiger partial charge in [0.1, 0.15) is 5.75 Å². The second-order valence-electron chi connectivity index (χ2n) is 6.24. The predicted molar refractivity (Wildman–Crippen MR) is 106 cm³/mol. The van der Waals surface area contributed by atoms with E-state index < -0.39 is 0 Å². The van der Waals surface area contributed by atoms with Gasteiger partial charge in [0.05, 0.1) is 23.2 Å². The summed E-state index contributed by atoms with van der Waals surface area (Å²) >= 11 is 0. The Morgan fingerprint density at radius 3 is 2.70 bits per heavy atom. The van der Waals surface area contributed by atoms with E-state index in [9.17, 15) is 0 Å². The maximum atomic E-state index is 6.06. The number of aryl methyl sites for hydroxylation is 1. The molecule has 5 N–H and O–H groups in total. The highest BCUT2D eigenvalue weighted by Crippen LogP contribution is 2.34. The van der Waals surface area contributed by atoms with Crippen molar-refractivity contribution in [2.24, 2.45) is 0 Å². The van der Waals surface area contributed by atoms with E-state index in [1.165, 1.54) is 5.56 Å². The van der Waals surface area contributed by atoms with Gasteiger partial charge < -0.3 is 16.2 Å². The van der Waals surface area contributed by atoms with Crippen molar-refractivity contribution in [2.45, 2.75) is 12.8 Å². The molecule has 7 heteroatoms. The van der Waals surface area contributed by atoms with Crippen molar-refractivity contribution in [1.29, 1.82) is 0 Å². The summed E-state index contributed by atoms with van der Waals surface area (Å²) in [5, 5.41) is 7.82. The molecule has 0 radical (unpaired) electrons. The van der Waals surface area contributed by atoms with Gasteiger partial charge in [0.25, 0.3) is 0 Å². The maximum absolute atomic E-state index is 6.06. The number of benzene rings is 2. The molecule has 0 saturated heterocycles. The van der Waals surface area contributed by atoms with Crippen molar-refractivity contribution in [1.82, 2.24) is 20.2 Å². The fourth-order valence-corrected chi connectivity index (χ4v) is 3.04. The molecule has 0 bridgehead atoms. The summed E-state index contributed by atoms with van der Waals surface area (Å²) in [4.78, 5) is 8.22. The number of H-pyrrole nitrogens is 1. The normalized spacial score (nSPS) is 11.0. The molecule has 4 rings (SSSR count). The molecule has 2 aromatic carbocycles. The zero-order valence-electron chi connectivity index (χ0n) is 14.7. The van der Waals surface area contributed by atoms with Crippen LogP contribution >= 0.6 is 0 Å². The third-order valence-corrected chi connectivity index (χ3v) is 4.34. The maximum Gasteiger partial charge on any atom is 0.220 e. The third-order valence-electron chi connectivity index (χ3n) is 4.34. The van der Waals surface area contributed by atoms with Crippen molar-refractivity contribution in [3.05, 3.63) is 60.3 Å². The topological polar surface area (TPSA) is 116 Å². The third kappa shape index (κ3) is 3.67. The van der Waals surface area contributed by atoms with Crippen LogP contribution in [0.25, 0.3) is 22.2 Å². The van der Waals surface area contributed by atoms with E-state index in [2.05, 4.69) is 32.3 Å². The smallest absolute Gasteiger partial charge is 0.220 e. The van der Waals surface area contributed by atoms with Crippen LogP contribution in [-0.4, -0.2) is 26.8 Å². The summed E-state index contributed by atoms with van der Waals surface area (Å²) < 4.78 is 6.06. The SMILES string of the molecule is Nc1nccc(-c2cc(OCCCc3ccccc3)c3c(N)n[nH]c3c2)n1. The minimum absolute atomic E-state index is 0.224. The minimum Gasteiger partial charge on any atom is -0.493 e. The van der Waals surface area contributed by atoms with Crippen LogP contribution in [0.3, 0.4) is 0 Å². The zero-order valence-corrected chi connectivity index (χ0v) is 14.7. The van der Waals surface area contributed by atoms with Crippen molar-refractivity contribution >= 4 is 22.7 Å². The fraction of sp³-hybridized carbons (Fsp3) is 0.150. The number of ether oxygens (including phenoxy) is 1. The molecule has 4 aromatic rings. The lowest BCUT2D eigenvalue weighted by Gasteiger charge is -2.10. The van der Waals surface area contributed by atoms with E-state index in [1.807, 2.05) is 30.3 Å². The minimum atomic E-state index is 0.224. The zero-order chi connectivity index (χ0) is 18.6. The van der Waals surface area contributed by atoms with Gasteiger partial charge in [-0.2, -0.15) is 5.10 Å². The van der Waals surface area contributed by atoms with Gasteiger partial charge in [0.15, 0.2) is 5.82 Å². The largest absolute Gasteiger partial charge is 0.493 e. The average Bonchev–Trinajstić information content (AvgIpc) is 3.07. The van der Waals surface area contributed by atoms with E-state index >= 15 is 0 Å². The number of aromatic amines is 1. The predicted octanol–water partition coefficient (Wildman–Crippen LogP) is 3.20. The standard InChI is InChI=1S/C20H20N6O/c21-19-18-16(25-26-19)11-14(15-8-9-23-20(22)24-15)12-17(18)27-10-4-7-13-5-2-1-3-6-13/h1-3,5-6,8-9,11-12H,4,7,10H2,(H3,21,25,26)(H2,22,23,24). The quantitative estimate of drug-likeness (QED) is 0.455. The molecule has 0 fully saturated rings. The Bertz CT molecular complexity index is 1060. The van der Waals surface area contributed by atoms with Gasteiger partial charge in [-0.25, -0.2) is 9.97 Å². The molecular formula is C20H20N6O. The lowest BCUT2D eigenvalue weighted by molar-refractivity contribution is 0.315. The Balaban J connectivity index is 1.57. The van der Waals surface area contributed by atoms with E-state index in [0.29, 0.717) is 23.9 Å². The Morgan fingerprint density at radius 2 is 1.89 bits per heavy atom. The van der Waals surface area contributed by atoms with E-state index in [4.69, 9.17) is 16.2 Å². The summed E-state index contributed by atoms with van der Waals surface area (Å²) in [5.74, 6) is 1.32. The lowest BCUT2D eigenvalue weighted by atomic mass is 10.1. The van der Waals surface area contributed by atoms with Crippen LogP contribution in [0.2, 0.25) is 0 Å². The van der Waals surface area contributed by atoms with Crippen molar-refractivity contribution in [3.8, 4) is 17.0 Å². The summed E-state index contributed by atoms with van der Waals surface area (Å²) in [6.07, 6.45) is 3.48. The molecule has 7 nitrogen and oxygen atoms in total. The summed E-state index contributed by atoms with van der Waals surface area (Å²) in [5.41, 5.74) is 15.4. The molecule has 0 aliphatic rings. The second-order valence-corrected chi connectivity index (χ2v) is 6.24. The fourth-order valence-electron chi connectivity index (χ4n) is 3.04. The molecular weight excluding hydrogens is 340 g/mol. The molecule has 0 unspecified atom stereocenters. The van der Waals surface area contributed by atoms with Crippen LogP contribution in [0, 0.1) is 0 Å². The number of nitrogen functional groups attached to an aromatic ring is 2. The Labute approximate surface area is 156 Å². The number of hydrogen-bond acceptors (Lipinski definition) is 6. The van der Waals surface area contributed by atoms with Gasteiger partial charge >= 0.3 is 0 Å². The van der Waals surface area contributed by atoms with Crippen LogP contribution in [0.15, 0.2) is 54.7 Å². The second kappa shape index (κ2) is 7.33. The Hall–Kier alpha value is -3.61. The Kier molecular flexibility index (Phi) is 4.57. The lowest BCUT2D eigenvalue weighted by Crippen LogP contribution is -2.01. The highest BCUT2D eigenvalue weighted by molar-refractivity contribution is 5.97. The van der Waals surface area contributed by atoms with Crippen molar-refractivity contribution < 1.29 is 4.74 Å². The van der Waals surface area contributed by atoms with Crippen molar-refractivity contribution in [2.75, 3.05) is 18.1 Å². The number of nitrogens with two attached hydrogens (primary N) is 2. The van der Waals surface area contributed by atoms with E-state index in [-0.39, 0.29) is 5.95 Å². The first-order valence-corrected chi connectivity index (χ1v) is 8.74. The molecule has 0 amide bonds. The molecule has 2 aromatic heterocycles. The van der Waals surface area contributed by atoms with Crippen LogP contribution in [0.1, 0.15) is 12.0 Å². The summed E-state index contributed by atoms with van der Waals surface area (Å²) in [7, 11) is 0. The molecule has 0 saturated carbocycles. The summed E-state index contributed by atoms with van der Waals surface area (Å²) in [6, 6.07) is 16.0. The van der Waals surface area contributed by atoms with Gasteiger partial charge in [-0.05, 0) is 36.6 Å². The number of hydrogen-bond donors (Lipinski definition) is 3. The first-order valence-electron chi connectivity index (χ1n) is 8.74. The van der Waals surface area contributed by atoms with Gasteiger partial charge in [-0.3, -0.25) is 5.10 Å². The number of nitrogens with zero attached hydrogens (tertiary/aromatic N) is 3. The molecule has 0 aliphatic heterocycles. The number of aromatic nitrogens is 4. The van der Waals surface area contributed by atoms with Gasteiger partial charge in [-0.15, -0.1) is 0 Å².